The number of hydrogen-bond acceptors (Lipinski definition) is 10. The number of nitrogens with zero attached hydrogens (tertiary/aromatic N) is 6. The molecule has 0 spiro atoms. The van der Waals surface area contributed by atoms with Crippen molar-refractivity contribution in [2.75, 3.05) is 41.8 Å². The first-order valence-corrected chi connectivity index (χ1v) is 15.3. The number of ether oxygens (including phenoxy) is 2. The van der Waals surface area contributed by atoms with Gasteiger partial charge in [0.15, 0.2) is 39.9 Å². The van der Waals surface area contributed by atoms with E-state index in [0.717, 1.165) is 30.0 Å². The second-order valence-corrected chi connectivity index (χ2v) is 11.3. The highest BCUT2D eigenvalue weighted by Crippen LogP contribution is 2.35. The smallest absolute Gasteiger partial charge is 0.416 e. The van der Waals surface area contributed by atoms with Gasteiger partial charge < -0.3 is 14.8 Å². The van der Waals surface area contributed by atoms with Crippen molar-refractivity contribution in [1.29, 1.82) is 0 Å². The molecule has 2 N–H and O–H groups in total. The average molecular weight is 703 g/mol. The van der Waals surface area contributed by atoms with Gasteiger partial charge in [-0.2, -0.15) is 26.3 Å². The summed E-state index contributed by atoms with van der Waals surface area (Å²) in [5, 5.41) is 7.95. The van der Waals surface area contributed by atoms with Gasteiger partial charge in [0, 0.05) is 16.5 Å². The fourth-order valence-electron chi connectivity index (χ4n) is 4.66. The highest BCUT2D eigenvalue weighted by molar-refractivity contribution is 7.13. The maximum atomic E-state index is 13.0. The number of aromatic nitrogens is 5. The van der Waals surface area contributed by atoms with E-state index in [-0.39, 0.29) is 41.9 Å². The van der Waals surface area contributed by atoms with Gasteiger partial charge in [-0.05, 0) is 31.2 Å². The van der Waals surface area contributed by atoms with E-state index in [1.54, 1.807) is 11.4 Å². The Morgan fingerprint density at radius 2 is 1.47 bits per heavy atom. The third-order valence-corrected chi connectivity index (χ3v) is 7.82. The predicted molar refractivity (Wildman–Crippen MR) is 168 cm³/mol. The van der Waals surface area contributed by atoms with Crippen LogP contribution in [0.25, 0.3) is 22.8 Å². The molecule has 11 nitrogen and oxygen atoms in total. The van der Waals surface area contributed by atoms with Crippen LogP contribution in [0.3, 0.4) is 0 Å². The Balaban J connectivity index is 0.000000182. The summed E-state index contributed by atoms with van der Waals surface area (Å²) in [4.78, 5) is 34.9. The number of alkyl halides is 6. The molecule has 7 rings (SSSR count). The molecule has 0 atom stereocenters. The summed E-state index contributed by atoms with van der Waals surface area (Å²) in [6, 6.07) is 9.17. The number of rotatable bonds is 3. The van der Waals surface area contributed by atoms with Crippen LogP contribution in [0.5, 0.6) is 11.5 Å². The zero-order chi connectivity index (χ0) is 34.8. The molecule has 18 heteroatoms. The van der Waals surface area contributed by atoms with Crippen molar-refractivity contribution >= 4 is 34.1 Å². The topological polar surface area (TPSA) is 127 Å². The van der Waals surface area contributed by atoms with E-state index in [1.165, 1.54) is 46.8 Å². The van der Waals surface area contributed by atoms with Crippen molar-refractivity contribution in [2.24, 2.45) is 0 Å². The molecule has 2 amide bonds. The number of anilines is 3. The Bertz CT molecular complexity index is 1990. The highest BCUT2D eigenvalue weighted by atomic mass is 32.1. The Hall–Kier alpha value is -5.52. The van der Waals surface area contributed by atoms with Gasteiger partial charge >= 0.3 is 18.4 Å². The first-order valence-electron chi connectivity index (χ1n) is 14.4. The van der Waals surface area contributed by atoms with Crippen LogP contribution < -0.4 is 25.0 Å². The van der Waals surface area contributed by atoms with Crippen LogP contribution in [-0.4, -0.2) is 57.3 Å². The Labute approximate surface area is 278 Å². The zero-order valence-electron chi connectivity index (χ0n) is 25.3. The van der Waals surface area contributed by atoms with Crippen LogP contribution in [0.1, 0.15) is 16.8 Å². The lowest BCUT2D eigenvalue weighted by Gasteiger charge is -2.28. The largest absolute Gasteiger partial charge is 0.486 e. The number of benzene rings is 2. The van der Waals surface area contributed by atoms with Crippen LogP contribution in [0.2, 0.25) is 0 Å². The molecule has 49 heavy (non-hydrogen) atoms. The summed E-state index contributed by atoms with van der Waals surface area (Å²) >= 11 is 1.29. The highest BCUT2D eigenvalue weighted by Gasteiger charge is 2.32. The van der Waals surface area contributed by atoms with Gasteiger partial charge in [-0.3, -0.25) is 10.2 Å². The lowest BCUT2D eigenvalue weighted by Crippen LogP contribution is -2.41. The van der Waals surface area contributed by atoms with Gasteiger partial charge in [0.1, 0.15) is 13.2 Å². The summed E-state index contributed by atoms with van der Waals surface area (Å²) in [5.74, 6) is 1.75. The first kappa shape index (κ1) is 33.4. The monoisotopic (exact) mass is 702 g/mol. The van der Waals surface area contributed by atoms with Gasteiger partial charge in [0.25, 0.3) is 0 Å². The van der Waals surface area contributed by atoms with Crippen molar-refractivity contribution in [1.82, 2.24) is 24.9 Å². The Kier molecular flexibility index (Phi) is 9.22. The number of carbonyl (C=O) groups excluding carboxylic acids is 1. The normalized spacial score (nSPS) is 13.8. The molecule has 5 aromatic rings. The Morgan fingerprint density at radius 1 is 0.857 bits per heavy atom. The van der Waals surface area contributed by atoms with Gasteiger partial charge in [-0.15, -0.1) is 11.3 Å². The molecule has 0 saturated heterocycles. The molecule has 254 valence electrons. The van der Waals surface area contributed by atoms with E-state index >= 15 is 0 Å². The fraction of sp³-hybridized carbons (Fsp3) is 0.226. The SMILES string of the molecule is Cc1csc(NC(=O)N2CCOc3cnc(-c4cccc(C(F)(F)F)c4)nc32)n1.FC(F)(F)c1cccc(-c2ncc3c(n2)NCCO3)c1. The molecule has 3 aromatic heterocycles. The minimum absolute atomic E-state index is 0.0586. The number of fused-ring (bicyclic) bond motifs is 2. The van der Waals surface area contributed by atoms with E-state index in [4.69, 9.17) is 9.47 Å². The lowest BCUT2D eigenvalue weighted by molar-refractivity contribution is -0.138. The zero-order valence-corrected chi connectivity index (χ0v) is 26.1. The molecule has 0 unspecified atom stereocenters. The van der Waals surface area contributed by atoms with Crippen molar-refractivity contribution in [3.05, 3.63) is 83.1 Å². The van der Waals surface area contributed by atoms with Gasteiger partial charge in [0.2, 0.25) is 0 Å². The van der Waals surface area contributed by atoms with Crippen molar-refractivity contribution in [3.63, 3.8) is 0 Å². The quantitative estimate of drug-likeness (QED) is 0.186. The Morgan fingerprint density at radius 3 is 2.08 bits per heavy atom. The first-order chi connectivity index (χ1) is 23.3. The molecule has 2 aliphatic heterocycles. The van der Waals surface area contributed by atoms with Crippen molar-refractivity contribution in [2.45, 2.75) is 19.3 Å². The number of hydrogen-bond donors (Lipinski definition) is 2. The summed E-state index contributed by atoms with van der Waals surface area (Å²) in [5.41, 5.74) is -0.247. The molecule has 2 aromatic carbocycles. The molecule has 0 fully saturated rings. The summed E-state index contributed by atoms with van der Waals surface area (Å²) < 4.78 is 87.9. The van der Waals surface area contributed by atoms with Gasteiger partial charge in [-0.1, -0.05) is 24.3 Å². The molecule has 0 saturated carbocycles. The standard InChI is InChI=1S/C18H14F3N5O2S.C13H10F3N3O/c1-10-9-29-16(23-10)25-17(27)26-5-6-28-13-8-22-14(24-15(13)26)11-3-2-4-12(7-11)18(19,20)21;14-13(15,16)9-3-1-2-8(6-9)11-18-7-10-12(19-11)17-4-5-20-10/h2-4,7-9H,5-6H2,1H3,(H,23,25,27);1-3,6-7H,4-5H2,(H,17,18,19). The number of nitrogens with one attached hydrogen (secondary N) is 2. The van der Waals surface area contributed by atoms with Crippen LogP contribution in [0.4, 0.5) is 47.9 Å². The molecule has 5 heterocycles. The van der Waals surface area contributed by atoms with E-state index in [2.05, 4.69) is 35.6 Å². The third kappa shape index (κ3) is 7.80. The second kappa shape index (κ2) is 13.5. The maximum Gasteiger partial charge on any atom is 0.416 e. The van der Waals surface area contributed by atoms with E-state index in [1.807, 2.05) is 6.92 Å². The molecule has 0 bridgehead atoms. The van der Waals surface area contributed by atoms with Gasteiger partial charge in [0.05, 0.1) is 42.3 Å². The number of aryl methyl sites for hydroxylation is 1. The fourth-order valence-corrected chi connectivity index (χ4v) is 5.34. The van der Waals surface area contributed by atoms with Crippen molar-refractivity contribution in [3.8, 4) is 34.3 Å². The minimum Gasteiger partial charge on any atom is -0.486 e. The van der Waals surface area contributed by atoms with Crippen LogP contribution >= 0.6 is 11.3 Å². The van der Waals surface area contributed by atoms with E-state index in [9.17, 15) is 31.1 Å². The van der Waals surface area contributed by atoms with Gasteiger partial charge in [-0.25, -0.2) is 29.7 Å². The molecular formula is C31H24F6N8O3S. The number of halogens is 6. The summed E-state index contributed by atoms with van der Waals surface area (Å²) in [7, 11) is 0. The van der Waals surface area contributed by atoms with E-state index in [0.29, 0.717) is 35.4 Å². The minimum atomic E-state index is -4.48. The second-order valence-electron chi connectivity index (χ2n) is 10.4. The van der Waals surface area contributed by atoms with E-state index < -0.39 is 29.5 Å². The maximum absolute atomic E-state index is 13.0. The third-order valence-electron chi connectivity index (χ3n) is 6.95. The summed E-state index contributed by atoms with van der Waals surface area (Å²) in [6.45, 7) is 3.39. The molecular weight excluding hydrogens is 678 g/mol. The number of thiazole rings is 1. The molecule has 0 radical (unpaired) electrons. The van der Waals surface area contributed by atoms with Crippen molar-refractivity contribution < 1.29 is 40.6 Å². The van der Waals surface area contributed by atoms with Crippen LogP contribution in [0.15, 0.2) is 66.3 Å². The molecule has 0 aliphatic carbocycles. The summed E-state index contributed by atoms with van der Waals surface area (Å²) in [6.07, 6.45) is -6.05. The molecule has 2 aliphatic rings. The number of urea groups is 1. The number of carbonyl (C=O) groups is 1. The lowest BCUT2D eigenvalue weighted by atomic mass is 10.1. The van der Waals surface area contributed by atoms with Crippen LogP contribution in [0, 0.1) is 6.92 Å². The number of amides is 2. The van der Waals surface area contributed by atoms with Crippen LogP contribution in [-0.2, 0) is 12.4 Å². The predicted octanol–water partition coefficient (Wildman–Crippen LogP) is 7.32. The average Bonchev–Trinajstić information content (AvgIpc) is 3.51.